The van der Waals surface area contributed by atoms with Gasteiger partial charge in [0.2, 0.25) is 5.13 Å². The van der Waals surface area contributed by atoms with Crippen LogP contribution in [0, 0.1) is 0 Å². The zero-order chi connectivity index (χ0) is 17.2. The van der Waals surface area contributed by atoms with Gasteiger partial charge in [0.25, 0.3) is 0 Å². The Morgan fingerprint density at radius 2 is 1.83 bits per heavy atom. The van der Waals surface area contributed by atoms with Gasteiger partial charge in [0.1, 0.15) is 11.6 Å². The normalized spacial score (nSPS) is 16.2. The second-order valence-electron chi connectivity index (χ2n) is 7.28. The molecular weight excluding hydrogens is 320 g/mol. The highest BCUT2D eigenvalue weighted by Gasteiger charge is 2.23. The molecule has 0 radical (unpaired) electrons. The van der Waals surface area contributed by atoms with E-state index in [1.54, 1.807) is 7.11 Å². The number of nitrogens with one attached hydrogen (secondary N) is 1. The van der Waals surface area contributed by atoms with Gasteiger partial charge in [-0.1, -0.05) is 20.8 Å². The van der Waals surface area contributed by atoms with E-state index in [9.17, 15) is 0 Å². The number of nitrogens with zero attached hydrogens (tertiary/aromatic N) is 3. The predicted molar refractivity (Wildman–Crippen MR) is 100 cm³/mol. The van der Waals surface area contributed by atoms with Crippen LogP contribution in [-0.4, -0.2) is 35.6 Å². The molecule has 0 spiro atoms. The molecular formula is C18H26N4OS. The van der Waals surface area contributed by atoms with Crippen molar-refractivity contribution >= 4 is 22.4 Å². The maximum atomic E-state index is 5.23. The minimum absolute atomic E-state index is 0.00810. The molecule has 6 heteroatoms. The fraction of sp³-hybridized carbons (Fsp3) is 0.556. The lowest BCUT2D eigenvalue weighted by molar-refractivity contribution is 0.414. The average molecular weight is 347 g/mol. The van der Waals surface area contributed by atoms with Crippen molar-refractivity contribution in [2.24, 2.45) is 0 Å². The zero-order valence-corrected chi connectivity index (χ0v) is 15.7. The van der Waals surface area contributed by atoms with Crippen LogP contribution in [0.15, 0.2) is 24.3 Å². The maximum absolute atomic E-state index is 5.23. The van der Waals surface area contributed by atoms with Gasteiger partial charge in [-0.25, -0.2) is 4.98 Å². The van der Waals surface area contributed by atoms with Crippen molar-refractivity contribution in [1.29, 1.82) is 0 Å². The summed E-state index contributed by atoms with van der Waals surface area (Å²) < 4.78 is 9.70. The molecule has 2 aromatic rings. The van der Waals surface area contributed by atoms with Gasteiger partial charge in [-0.05, 0) is 37.1 Å². The molecule has 0 atom stereocenters. The number of ether oxygens (including phenoxy) is 1. The van der Waals surface area contributed by atoms with Crippen molar-refractivity contribution in [3.05, 3.63) is 30.1 Å². The minimum Gasteiger partial charge on any atom is -0.497 e. The molecule has 130 valence electrons. The van der Waals surface area contributed by atoms with Crippen molar-refractivity contribution in [2.75, 3.05) is 30.4 Å². The molecule has 1 N–H and O–H groups in total. The van der Waals surface area contributed by atoms with Crippen LogP contribution in [0.3, 0.4) is 0 Å². The second kappa shape index (κ2) is 6.97. The van der Waals surface area contributed by atoms with Crippen molar-refractivity contribution in [3.8, 4) is 5.75 Å². The van der Waals surface area contributed by atoms with Crippen LogP contribution in [0.5, 0.6) is 5.75 Å². The summed E-state index contributed by atoms with van der Waals surface area (Å²) in [6, 6.07) is 8.78. The van der Waals surface area contributed by atoms with Gasteiger partial charge in [0.15, 0.2) is 0 Å². The standard InChI is InChI=1S/C18H26N4OS/c1-18(2,3)16-20-17(24-21-16)19-13-9-11-22(12-10-13)14-5-7-15(23-4)8-6-14/h5-8,13H,9-12H2,1-4H3,(H,19,20,21). The van der Waals surface area contributed by atoms with Gasteiger partial charge >= 0.3 is 0 Å². The fourth-order valence-corrected chi connectivity index (χ4v) is 3.67. The van der Waals surface area contributed by atoms with E-state index in [2.05, 4.69) is 52.5 Å². The summed E-state index contributed by atoms with van der Waals surface area (Å²) in [5, 5.41) is 4.51. The Labute approximate surface area is 148 Å². The minimum atomic E-state index is 0.00810. The number of rotatable bonds is 4. The smallest absolute Gasteiger partial charge is 0.202 e. The number of methoxy groups -OCH3 is 1. The first-order chi connectivity index (χ1) is 11.5. The molecule has 1 fully saturated rings. The van der Waals surface area contributed by atoms with Crippen LogP contribution in [0.1, 0.15) is 39.4 Å². The zero-order valence-electron chi connectivity index (χ0n) is 14.9. The quantitative estimate of drug-likeness (QED) is 0.909. The van der Waals surface area contributed by atoms with E-state index in [1.807, 2.05) is 12.1 Å². The first-order valence-electron chi connectivity index (χ1n) is 8.45. The Bertz CT molecular complexity index is 654. The molecule has 2 heterocycles. The van der Waals surface area contributed by atoms with E-state index >= 15 is 0 Å². The van der Waals surface area contributed by atoms with Crippen LogP contribution >= 0.6 is 11.5 Å². The summed E-state index contributed by atoms with van der Waals surface area (Å²) >= 11 is 1.47. The molecule has 0 amide bonds. The fourth-order valence-electron chi connectivity index (χ4n) is 2.84. The monoisotopic (exact) mass is 346 g/mol. The summed E-state index contributed by atoms with van der Waals surface area (Å²) in [6.07, 6.45) is 2.22. The molecule has 0 aliphatic carbocycles. The predicted octanol–water partition coefficient (Wildman–Crippen LogP) is 3.93. The summed E-state index contributed by atoms with van der Waals surface area (Å²) in [5.74, 6) is 1.83. The highest BCUT2D eigenvalue weighted by Crippen LogP contribution is 2.26. The van der Waals surface area contributed by atoms with E-state index < -0.39 is 0 Å². The molecule has 0 saturated carbocycles. The number of aromatic nitrogens is 2. The van der Waals surface area contributed by atoms with Gasteiger partial charge < -0.3 is 15.0 Å². The highest BCUT2D eigenvalue weighted by atomic mass is 32.1. The third-order valence-electron chi connectivity index (χ3n) is 4.36. The largest absolute Gasteiger partial charge is 0.497 e. The van der Waals surface area contributed by atoms with Crippen molar-refractivity contribution in [3.63, 3.8) is 0 Å². The Balaban J connectivity index is 1.54. The van der Waals surface area contributed by atoms with Crippen LogP contribution in [0.25, 0.3) is 0 Å². The molecule has 1 aliphatic rings. The third kappa shape index (κ3) is 3.98. The third-order valence-corrected chi connectivity index (χ3v) is 5.00. The topological polar surface area (TPSA) is 50.3 Å². The lowest BCUT2D eigenvalue weighted by Crippen LogP contribution is -2.39. The molecule has 3 rings (SSSR count). The molecule has 0 unspecified atom stereocenters. The Morgan fingerprint density at radius 1 is 1.17 bits per heavy atom. The highest BCUT2D eigenvalue weighted by molar-refractivity contribution is 7.09. The van der Waals surface area contributed by atoms with Gasteiger partial charge in [-0.2, -0.15) is 4.37 Å². The van der Waals surface area contributed by atoms with E-state index in [-0.39, 0.29) is 5.41 Å². The number of hydrogen-bond donors (Lipinski definition) is 1. The van der Waals surface area contributed by atoms with Crippen LogP contribution in [-0.2, 0) is 5.41 Å². The first kappa shape index (κ1) is 17.0. The average Bonchev–Trinajstić information content (AvgIpc) is 3.05. The van der Waals surface area contributed by atoms with Crippen molar-refractivity contribution in [2.45, 2.75) is 45.1 Å². The Kier molecular flexibility index (Phi) is 4.94. The van der Waals surface area contributed by atoms with Crippen molar-refractivity contribution < 1.29 is 4.74 Å². The summed E-state index contributed by atoms with van der Waals surface area (Å²) in [7, 11) is 1.70. The second-order valence-corrected chi connectivity index (χ2v) is 8.03. The van der Waals surface area contributed by atoms with Gasteiger partial charge in [-0.3, -0.25) is 0 Å². The van der Waals surface area contributed by atoms with E-state index in [0.29, 0.717) is 6.04 Å². The van der Waals surface area contributed by atoms with Gasteiger partial charge in [0.05, 0.1) is 7.11 Å². The van der Waals surface area contributed by atoms with Gasteiger partial charge in [-0.15, -0.1) is 0 Å². The molecule has 1 aromatic heterocycles. The first-order valence-corrected chi connectivity index (χ1v) is 9.23. The van der Waals surface area contributed by atoms with E-state index in [0.717, 1.165) is 42.6 Å². The van der Waals surface area contributed by atoms with E-state index in [1.165, 1.54) is 17.2 Å². The van der Waals surface area contributed by atoms with Crippen LogP contribution in [0.2, 0.25) is 0 Å². The number of hydrogen-bond acceptors (Lipinski definition) is 6. The molecule has 1 aliphatic heterocycles. The number of benzene rings is 1. The number of piperidine rings is 1. The van der Waals surface area contributed by atoms with Crippen LogP contribution < -0.4 is 15.0 Å². The molecule has 1 aromatic carbocycles. The van der Waals surface area contributed by atoms with E-state index in [4.69, 9.17) is 4.74 Å². The summed E-state index contributed by atoms with van der Waals surface area (Å²) in [4.78, 5) is 7.07. The summed E-state index contributed by atoms with van der Waals surface area (Å²) in [6.45, 7) is 8.54. The Hall–Kier alpha value is -1.82. The lowest BCUT2D eigenvalue weighted by Gasteiger charge is -2.33. The number of anilines is 2. The van der Waals surface area contributed by atoms with Crippen molar-refractivity contribution in [1.82, 2.24) is 9.36 Å². The SMILES string of the molecule is COc1ccc(N2CCC(Nc3nc(C(C)(C)C)ns3)CC2)cc1. The summed E-state index contributed by atoms with van der Waals surface area (Å²) in [5.41, 5.74) is 1.27. The molecule has 24 heavy (non-hydrogen) atoms. The van der Waals surface area contributed by atoms with Crippen LogP contribution in [0.4, 0.5) is 10.8 Å². The maximum Gasteiger partial charge on any atom is 0.202 e. The Morgan fingerprint density at radius 3 is 2.38 bits per heavy atom. The lowest BCUT2D eigenvalue weighted by atomic mass is 9.96. The molecule has 5 nitrogen and oxygen atoms in total. The van der Waals surface area contributed by atoms with Gasteiger partial charge in [0, 0.05) is 41.8 Å². The molecule has 0 bridgehead atoms. The molecule has 1 saturated heterocycles.